The molecule has 4 aromatic carbocycles. The van der Waals surface area contributed by atoms with Gasteiger partial charge in [-0.25, -0.2) is 9.48 Å². The Kier molecular flexibility index (Phi) is 6.08. The van der Waals surface area contributed by atoms with Crippen LogP contribution in [0.4, 0.5) is 5.69 Å². The molecule has 0 saturated carbocycles. The van der Waals surface area contributed by atoms with Crippen molar-refractivity contribution in [2.24, 2.45) is 4.99 Å². The van der Waals surface area contributed by atoms with Crippen LogP contribution in [0.5, 0.6) is 5.75 Å². The second-order valence-corrected chi connectivity index (χ2v) is 10.5. The highest BCUT2D eigenvalue weighted by atomic mass is 16.4. The summed E-state index contributed by atoms with van der Waals surface area (Å²) in [6.07, 6.45) is 3.20. The molecule has 1 unspecified atom stereocenters. The summed E-state index contributed by atoms with van der Waals surface area (Å²) in [5.41, 5.74) is 7.29. The summed E-state index contributed by atoms with van der Waals surface area (Å²) in [5.74, 6) is -0.177. The molecule has 6 aromatic rings. The highest BCUT2D eigenvalue weighted by Crippen LogP contribution is 2.40. The van der Waals surface area contributed by atoms with Crippen LogP contribution in [0.2, 0.25) is 0 Å². The molecule has 6 nitrogen and oxygen atoms in total. The second kappa shape index (κ2) is 10.1. The Morgan fingerprint density at radius 2 is 1.59 bits per heavy atom. The predicted octanol–water partition coefficient (Wildman–Crippen LogP) is 7.51. The van der Waals surface area contributed by atoms with Gasteiger partial charge in [-0.3, -0.25) is 4.99 Å². The first-order valence-electron chi connectivity index (χ1n) is 13.7. The highest BCUT2D eigenvalue weighted by Gasteiger charge is 2.29. The minimum Gasteiger partial charge on any atom is -0.506 e. The van der Waals surface area contributed by atoms with Gasteiger partial charge in [-0.1, -0.05) is 78.4 Å². The number of para-hydroxylation sites is 3. The van der Waals surface area contributed by atoms with Crippen LogP contribution < -0.4 is 5.63 Å². The SMILES string of the molecule is Cc1ccc(-c2nn(-c3ccccc3)cc2C2CC(c3c(O)c4ccccc4oc3=O)=Nc3ccccc3C2)cc1. The third-order valence-corrected chi connectivity index (χ3v) is 7.76. The van der Waals surface area contributed by atoms with Gasteiger partial charge < -0.3 is 9.52 Å². The van der Waals surface area contributed by atoms with Gasteiger partial charge in [-0.15, -0.1) is 0 Å². The predicted molar refractivity (Wildman–Crippen MR) is 162 cm³/mol. The van der Waals surface area contributed by atoms with Gasteiger partial charge >= 0.3 is 5.63 Å². The van der Waals surface area contributed by atoms with Gasteiger partial charge in [0.05, 0.1) is 28.2 Å². The van der Waals surface area contributed by atoms with E-state index in [0.717, 1.165) is 33.8 Å². The van der Waals surface area contributed by atoms with E-state index in [2.05, 4.69) is 43.5 Å². The molecule has 0 aliphatic carbocycles. The molecule has 3 heterocycles. The molecule has 41 heavy (non-hydrogen) atoms. The van der Waals surface area contributed by atoms with Crippen molar-refractivity contribution in [2.75, 3.05) is 0 Å². The van der Waals surface area contributed by atoms with Crippen LogP contribution in [0.15, 0.2) is 124 Å². The number of aryl methyl sites for hydroxylation is 1. The van der Waals surface area contributed by atoms with Gasteiger partial charge in [0.1, 0.15) is 16.9 Å². The minimum atomic E-state index is -0.600. The average molecular weight is 538 g/mol. The summed E-state index contributed by atoms with van der Waals surface area (Å²) < 4.78 is 7.57. The summed E-state index contributed by atoms with van der Waals surface area (Å²) in [4.78, 5) is 18.3. The molecule has 1 aliphatic rings. The maximum atomic E-state index is 13.3. The van der Waals surface area contributed by atoms with Crippen LogP contribution in [0, 0.1) is 6.92 Å². The maximum absolute atomic E-state index is 13.3. The molecule has 0 amide bonds. The Morgan fingerprint density at radius 3 is 2.41 bits per heavy atom. The lowest BCUT2D eigenvalue weighted by Crippen LogP contribution is -2.18. The van der Waals surface area contributed by atoms with Gasteiger partial charge in [0.2, 0.25) is 0 Å². The second-order valence-electron chi connectivity index (χ2n) is 10.5. The number of aromatic nitrogens is 2. The molecule has 200 valence electrons. The van der Waals surface area contributed by atoms with Crippen molar-refractivity contribution < 1.29 is 9.52 Å². The van der Waals surface area contributed by atoms with E-state index >= 15 is 0 Å². The zero-order chi connectivity index (χ0) is 27.9. The molecule has 1 N–H and O–H groups in total. The minimum absolute atomic E-state index is 0.0727. The maximum Gasteiger partial charge on any atom is 0.349 e. The fourth-order valence-corrected chi connectivity index (χ4v) is 5.66. The molecule has 0 radical (unpaired) electrons. The Morgan fingerprint density at radius 1 is 0.854 bits per heavy atom. The van der Waals surface area contributed by atoms with Crippen molar-refractivity contribution in [3.63, 3.8) is 0 Å². The fourth-order valence-electron chi connectivity index (χ4n) is 5.66. The lowest BCUT2D eigenvalue weighted by Gasteiger charge is -2.17. The van der Waals surface area contributed by atoms with Crippen LogP contribution >= 0.6 is 0 Å². The van der Waals surface area contributed by atoms with E-state index < -0.39 is 5.63 Å². The standard InChI is InChI=1S/C35H27N3O3/c1-22-15-17-23(18-16-22)33-28(21-38(37-33)26-10-3-2-4-11-26)25-19-24-9-5-7-13-29(24)36-30(20-25)32-34(39)27-12-6-8-14-31(27)41-35(32)40/h2-18,21,25,39H,19-20H2,1H3. The van der Waals surface area contributed by atoms with Gasteiger partial charge in [0.25, 0.3) is 0 Å². The van der Waals surface area contributed by atoms with Crippen molar-refractivity contribution in [1.82, 2.24) is 9.78 Å². The third kappa shape index (κ3) is 4.53. The quantitative estimate of drug-likeness (QED) is 0.236. The van der Waals surface area contributed by atoms with Crippen molar-refractivity contribution in [3.05, 3.63) is 142 Å². The number of rotatable bonds is 4. The lowest BCUT2D eigenvalue weighted by molar-refractivity contribution is 0.465. The Hall–Kier alpha value is -5.23. The number of aliphatic imine (C=N–C) groups is 1. The molecule has 1 atom stereocenters. The van der Waals surface area contributed by atoms with Crippen molar-refractivity contribution in [3.8, 4) is 22.7 Å². The smallest absolute Gasteiger partial charge is 0.349 e. The van der Waals surface area contributed by atoms with Crippen molar-refractivity contribution >= 4 is 22.4 Å². The number of benzene rings is 4. The first kappa shape index (κ1) is 24.8. The van der Waals surface area contributed by atoms with E-state index in [0.29, 0.717) is 29.5 Å². The zero-order valence-electron chi connectivity index (χ0n) is 22.5. The van der Waals surface area contributed by atoms with E-state index in [4.69, 9.17) is 14.5 Å². The number of aromatic hydroxyl groups is 1. The monoisotopic (exact) mass is 537 g/mol. The largest absolute Gasteiger partial charge is 0.506 e. The fraction of sp³-hybridized carbons (Fsp3) is 0.114. The lowest BCUT2D eigenvalue weighted by atomic mass is 9.86. The molecular weight excluding hydrogens is 510 g/mol. The first-order chi connectivity index (χ1) is 20.0. The molecule has 0 spiro atoms. The molecule has 7 rings (SSSR count). The van der Waals surface area contributed by atoms with E-state index in [9.17, 15) is 9.90 Å². The Balaban J connectivity index is 1.42. The van der Waals surface area contributed by atoms with Crippen LogP contribution in [0.1, 0.15) is 34.6 Å². The number of nitrogens with zero attached hydrogens (tertiary/aromatic N) is 3. The van der Waals surface area contributed by atoms with Gasteiger partial charge in [0.15, 0.2) is 0 Å². The zero-order valence-corrected chi connectivity index (χ0v) is 22.5. The normalized spacial score (nSPS) is 14.9. The molecule has 0 fully saturated rings. The van der Waals surface area contributed by atoms with Gasteiger partial charge in [-0.2, -0.15) is 5.10 Å². The van der Waals surface area contributed by atoms with Gasteiger partial charge in [-0.05, 0) is 61.6 Å². The topological polar surface area (TPSA) is 80.6 Å². The molecule has 0 bridgehead atoms. The summed E-state index contributed by atoms with van der Waals surface area (Å²) in [7, 11) is 0. The summed E-state index contributed by atoms with van der Waals surface area (Å²) in [6.45, 7) is 2.07. The first-order valence-corrected chi connectivity index (χ1v) is 13.7. The number of fused-ring (bicyclic) bond motifs is 2. The van der Waals surface area contributed by atoms with Crippen LogP contribution in [-0.2, 0) is 6.42 Å². The van der Waals surface area contributed by atoms with Crippen LogP contribution in [0.3, 0.4) is 0 Å². The Bertz CT molecular complexity index is 1990. The molecular formula is C35H27N3O3. The van der Waals surface area contributed by atoms with E-state index in [-0.39, 0.29) is 17.2 Å². The molecule has 2 aromatic heterocycles. The number of hydrogen-bond donors (Lipinski definition) is 1. The third-order valence-electron chi connectivity index (χ3n) is 7.76. The van der Waals surface area contributed by atoms with Crippen molar-refractivity contribution in [1.29, 1.82) is 0 Å². The van der Waals surface area contributed by atoms with Crippen LogP contribution in [0.25, 0.3) is 27.9 Å². The summed E-state index contributed by atoms with van der Waals surface area (Å²) >= 11 is 0. The number of hydrogen-bond acceptors (Lipinski definition) is 5. The van der Waals surface area contributed by atoms with E-state index in [1.807, 2.05) is 59.3 Å². The average Bonchev–Trinajstić information content (AvgIpc) is 3.35. The van der Waals surface area contributed by atoms with Crippen molar-refractivity contribution in [2.45, 2.75) is 25.7 Å². The Labute approximate surface area is 236 Å². The highest BCUT2D eigenvalue weighted by molar-refractivity contribution is 6.07. The van der Waals surface area contributed by atoms with E-state index in [1.54, 1.807) is 18.2 Å². The molecule has 1 aliphatic heterocycles. The molecule has 0 saturated heterocycles. The van der Waals surface area contributed by atoms with Crippen LogP contribution in [-0.4, -0.2) is 20.6 Å². The summed E-state index contributed by atoms with van der Waals surface area (Å²) in [6, 6.07) is 33.4. The van der Waals surface area contributed by atoms with Gasteiger partial charge in [0, 0.05) is 17.3 Å². The molecule has 6 heteroatoms. The van der Waals surface area contributed by atoms with E-state index in [1.165, 1.54) is 5.56 Å². The summed E-state index contributed by atoms with van der Waals surface area (Å²) in [5, 5.41) is 16.9.